The van der Waals surface area contributed by atoms with E-state index >= 15 is 0 Å². The Balaban J connectivity index is 2.40. The number of hydrogen-bond donors (Lipinski definition) is 1. The number of halogens is 2. The highest BCUT2D eigenvalue weighted by molar-refractivity contribution is 9.10. The molecule has 0 saturated heterocycles. The summed E-state index contributed by atoms with van der Waals surface area (Å²) in [6.45, 7) is 3.69. The second kappa shape index (κ2) is 5.35. The quantitative estimate of drug-likeness (QED) is 0.826. The number of rotatable bonds is 3. The number of nitrogens with one attached hydrogen (secondary N) is 1. The van der Waals surface area contributed by atoms with Crippen molar-refractivity contribution in [1.29, 1.82) is 0 Å². The van der Waals surface area contributed by atoms with Gasteiger partial charge in [0.25, 0.3) is 10.0 Å². The molecule has 0 aliphatic rings. The summed E-state index contributed by atoms with van der Waals surface area (Å²) >= 11 is 10.2. The van der Waals surface area contributed by atoms with E-state index in [0.717, 1.165) is 10.6 Å². The Bertz CT molecular complexity index is 711. The molecule has 0 amide bonds. The molecule has 0 atom stereocenters. The van der Waals surface area contributed by atoms with Crippen LogP contribution < -0.4 is 4.72 Å². The highest BCUT2D eigenvalue weighted by Crippen LogP contribution is 2.27. The Morgan fingerprint density at radius 1 is 1.42 bits per heavy atom. The average Bonchev–Trinajstić information content (AvgIpc) is 2.60. The first-order valence-electron chi connectivity index (χ1n) is 5.07. The lowest BCUT2D eigenvalue weighted by Gasteiger charge is -2.06. The van der Waals surface area contributed by atoms with E-state index in [0.29, 0.717) is 9.60 Å². The maximum Gasteiger partial charge on any atom is 0.266 e. The predicted octanol–water partition coefficient (Wildman–Crippen LogP) is 3.37. The van der Waals surface area contributed by atoms with E-state index < -0.39 is 10.0 Å². The largest absolute Gasteiger partial charge is 0.266 e. The van der Waals surface area contributed by atoms with Crippen molar-refractivity contribution in [3.8, 4) is 0 Å². The van der Waals surface area contributed by atoms with Crippen LogP contribution in [0.2, 0.25) is 5.15 Å². The zero-order valence-electron chi connectivity index (χ0n) is 9.94. The van der Waals surface area contributed by atoms with Crippen LogP contribution in [0.4, 0.5) is 5.13 Å². The molecule has 1 N–H and O–H groups in total. The van der Waals surface area contributed by atoms with Crippen LogP contribution in [-0.2, 0) is 10.0 Å². The Kier molecular flexibility index (Phi) is 4.14. The summed E-state index contributed by atoms with van der Waals surface area (Å²) in [6.07, 6.45) is 1.43. The molecular weight excluding hydrogens is 374 g/mol. The van der Waals surface area contributed by atoms with Crippen LogP contribution in [0.1, 0.15) is 10.6 Å². The Labute approximate surface area is 128 Å². The summed E-state index contributed by atoms with van der Waals surface area (Å²) in [7, 11) is -3.80. The van der Waals surface area contributed by atoms with Gasteiger partial charge in [-0.25, -0.2) is 18.4 Å². The number of aromatic nitrogens is 2. The van der Waals surface area contributed by atoms with Crippen molar-refractivity contribution < 1.29 is 8.42 Å². The fraction of sp³-hybridized carbons (Fsp3) is 0.200. The van der Waals surface area contributed by atoms with Crippen molar-refractivity contribution in [1.82, 2.24) is 9.97 Å². The van der Waals surface area contributed by atoms with Gasteiger partial charge in [0.2, 0.25) is 0 Å². The number of anilines is 1. The molecule has 0 unspecified atom stereocenters. The second-order valence-corrected chi connectivity index (χ2v) is 7.84. The molecule has 0 spiro atoms. The summed E-state index contributed by atoms with van der Waals surface area (Å²) < 4.78 is 27.3. The average molecular weight is 383 g/mol. The van der Waals surface area contributed by atoms with Gasteiger partial charge in [-0.2, -0.15) is 0 Å². The van der Waals surface area contributed by atoms with Gasteiger partial charge in [0.05, 0.1) is 5.69 Å². The maximum absolute atomic E-state index is 12.2. The molecular formula is C10H9BrClN3O2S2. The minimum absolute atomic E-state index is 0.0827. The third-order valence-corrected chi connectivity index (χ3v) is 5.63. The maximum atomic E-state index is 12.2. The van der Waals surface area contributed by atoms with E-state index in [9.17, 15) is 8.42 Å². The van der Waals surface area contributed by atoms with Gasteiger partial charge in [0.15, 0.2) is 5.13 Å². The highest BCUT2D eigenvalue weighted by Gasteiger charge is 2.21. The molecule has 2 aromatic heterocycles. The molecule has 0 aliphatic carbocycles. The Morgan fingerprint density at radius 2 is 2.11 bits per heavy atom. The molecule has 0 saturated carbocycles. The zero-order chi connectivity index (χ0) is 14.2. The van der Waals surface area contributed by atoms with E-state index in [-0.39, 0.29) is 10.0 Å². The number of pyridine rings is 1. The summed E-state index contributed by atoms with van der Waals surface area (Å²) in [4.78, 5) is 8.78. The standard InChI is InChI=1S/C10H9BrClN3O2S2/c1-5-6(2)18-10(14-5)15-19(16,17)8-3-7(11)4-13-9(8)12/h3-4H,1-2H3,(H,14,15). The first-order valence-corrected chi connectivity index (χ1v) is 8.54. The molecule has 0 radical (unpaired) electrons. The fourth-order valence-corrected chi connectivity index (χ4v) is 4.27. The molecule has 102 valence electrons. The molecule has 0 aromatic carbocycles. The summed E-state index contributed by atoms with van der Waals surface area (Å²) in [5.74, 6) is 0. The van der Waals surface area contributed by atoms with Crippen molar-refractivity contribution in [3.05, 3.63) is 32.5 Å². The summed E-state index contributed by atoms with van der Waals surface area (Å²) in [5.41, 5.74) is 0.793. The molecule has 0 bridgehead atoms. The van der Waals surface area contributed by atoms with Gasteiger partial charge >= 0.3 is 0 Å². The van der Waals surface area contributed by atoms with Crippen LogP contribution in [0.25, 0.3) is 0 Å². The van der Waals surface area contributed by atoms with Gasteiger partial charge in [-0.05, 0) is 35.8 Å². The number of nitrogens with zero attached hydrogens (tertiary/aromatic N) is 2. The van der Waals surface area contributed by atoms with E-state index in [1.807, 2.05) is 13.8 Å². The smallest absolute Gasteiger partial charge is 0.255 e. The normalized spacial score (nSPS) is 11.6. The monoisotopic (exact) mass is 381 g/mol. The lowest BCUT2D eigenvalue weighted by Crippen LogP contribution is -2.13. The van der Waals surface area contributed by atoms with Gasteiger partial charge in [-0.1, -0.05) is 11.6 Å². The van der Waals surface area contributed by atoms with Gasteiger partial charge in [0, 0.05) is 15.5 Å². The Morgan fingerprint density at radius 3 is 2.68 bits per heavy atom. The minimum atomic E-state index is -3.80. The number of thiazole rings is 1. The highest BCUT2D eigenvalue weighted by atomic mass is 79.9. The second-order valence-electron chi connectivity index (χ2n) is 3.71. The third-order valence-electron chi connectivity index (χ3n) is 2.31. The first kappa shape index (κ1) is 14.7. The van der Waals surface area contributed by atoms with Crippen molar-refractivity contribution in [2.45, 2.75) is 18.7 Å². The van der Waals surface area contributed by atoms with Gasteiger partial charge < -0.3 is 0 Å². The van der Waals surface area contributed by atoms with Crippen LogP contribution in [0.5, 0.6) is 0 Å². The van der Waals surface area contributed by atoms with E-state index in [1.54, 1.807) is 0 Å². The summed E-state index contributed by atoms with van der Waals surface area (Å²) in [6, 6.07) is 1.39. The first-order chi connectivity index (χ1) is 8.79. The van der Waals surface area contributed by atoms with Crippen LogP contribution in [-0.4, -0.2) is 18.4 Å². The molecule has 5 nitrogen and oxygen atoms in total. The van der Waals surface area contributed by atoms with Crippen molar-refractivity contribution >= 4 is 54.0 Å². The molecule has 2 rings (SSSR count). The fourth-order valence-electron chi connectivity index (χ4n) is 1.28. The van der Waals surface area contributed by atoms with E-state index in [1.165, 1.54) is 23.6 Å². The van der Waals surface area contributed by atoms with Crippen molar-refractivity contribution in [2.75, 3.05) is 4.72 Å². The molecule has 0 fully saturated rings. The third kappa shape index (κ3) is 3.25. The van der Waals surface area contributed by atoms with Gasteiger partial charge in [0.1, 0.15) is 10.0 Å². The molecule has 9 heteroatoms. The SMILES string of the molecule is Cc1nc(NS(=O)(=O)c2cc(Br)cnc2Cl)sc1C. The Hall–Kier alpha value is -0.700. The lowest BCUT2D eigenvalue weighted by atomic mass is 10.4. The number of aryl methyl sites for hydroxylation is 2. The molecule has 2 heterocycles. The van der Waals surface area contributed by atoms with Crippen LogP contribution >= 0.6 is 38.9 Å². The molecule has 2 aromatic rings. The lowest BCUT2D eigenvalue weighted by molar-refractivity contribution is 0.601. The van der Waals surface area contributed by atoms with Crippen LogP contribution in [0.15, 0.2) is 21.6 Å². The van der Waals surface area contributed by atoms with Gasteiger partial charge in [-0.3, -0.25) is 4.72 Å². The number of hydrogen-bond acceptors (Lipinski definition) is 5. The number of sulfonamides is 1. The topological polar surface area (TPSA) is 72.0 Å². The van der Waals surface area contributed by atoms with Crippen molar-refractivity contribution in [3.63, 3.8) is 0 Å². The summed E-state index contributed by atoms with van der Waals surface area (Å²) in [5, 5.41) is 0.228. The predicted molar refractivity (Wildman–Crippen MR) is 79.3 cm³/mol. The van der Waals surface area contributed by atoms with Gasteiger partial charge in [-0.15, -0.1) is 11.3 Å². The van der Waals surface area contributed by atoms with Crippen LogP contribution in [0, 0.1) is 13.8 Å². The van der Waals surface area contributed by atoms with E-state index in [4.69, 9.17) is 11.6 Å². The van der Waals surface area contributed by atoms with Crippen LogP contribution in [0.3, 0.4) is 0 Å². The molecule has 0 aliphatic heterocycles. The minimum Gasteiger partial charge on any atom is -0.255 e. The zero-order valence-corrected chi connectivity index (χ0v) is 13.9. The molecule has 19 heavy (non-hydrogen) atoms. The van der Waals surface area contributed by atoms with Crippen molar-refractivity contribution in [2.24, 2.45) is 0 Å². The van der Waals surface area contributed by atoms with E-state index in [2.05, 4.69) is 30.6 Å².